The van der Waals surface area contributed by atoms with Gasteiger partial charge in [-0.1, -0.05) is 0 Å². The summed E-state index contributed by atoms with van der Waals surface area (Å²) in [6.07, 6.45) is 5.10. The smallest absolute Gasteiger partial charge is 0.270 e. The Morgan fingerprint density at radius 3 is 2.69 bits per heavy atom. The number of hydrogen-bond acceptors (Lipinski definition) is 11. The maximum Gasteiger partial charge on any atom is 0.270 e. The molecular formula is C18H20N10O. The van der Waals surface area contributed by atoms with Gasteiger partial charge in [0.1, 0.15) is 11.9 Å². The fourth-order valence-electron chi connectivity index (χ4n) is 3.06. The van der Waals surface area contributed by atoms with E-state index >= 15 is 0 Å². The first kappa shape index (κ1) is 18.7. The van der Waals surface area contributed by atoms with E-state index in [1.165, 1.54) is 12.4 Å². The van der Waals surface area contributed by atoms with Crippen LogP contribution in [-0.4, -0.2) is 50.0 Å². The Morgan fingerprint density at radius 1 is 1.14 bits per heavy atom. The van der Waals surface area contributed by atoms with Gasteiger partial charge < -0.3 is 20.4 Å². The summed E-state index contributed by atoms with van der Waals surface area (Å²) in [6.45, 7) is 4.59. The Kier molecular flexibility index (Phi) is 5.53. The molecule has 0 aliphatic carbocycles. The normalized spacial score (nSPS) is 14.3. The number of aryl methyl sites for hydroxylation is 1. The third kappa shape index (κ3) is 4.61. The summed E-state index contributed by atoms with van der Waals surface area (Å²) < 4.78 is 5.54. The lowest BCUT2D eigenvalue weighted by Gasteiger charge is -2.23. The predicted octanol–water partition coefficient (Wildman–Crippen LogP) is 1.65. The van der Waals surface area contributed by atoms with Gasteiger partial charge in [0, 0.05) is 19.5 Å². The lowest BCUT2D eigenvalue weighted by Crippen LogP contribution is -2.31. The number of rotatable bonds is 6. The monoisotopic (exact) mass is 392 g/mol. The molecule has 1 fully saturated rings. The number of piperidine rings is 1. The van der Waals surface area contributed by atoms with Crippen molar-refractivity contribution >= 4 is 17.3 Å². The highest BCUT2D eigenvalue weighted by molar-refractivity contribution is 5.71. The van der Waals surface area contributed by atoms with Crippen molar-refractivity contribution in [2.75, 3.05) is 30.3 Å². The van der Waals surface area contributed by atoms with E-state index in [-0.39, 0.29) is 5.69 Å². The van der Waals surface area contributed by atoms with E-state index in [9.17, 15) is 0 Å². The molecule has 29 heavy (non-hydrogen) atoms. The van der Waals surface area contributed by atoms with Crippen molar-refractivity contribution in [2.24, 2.45) is 5.92 Å². The zero-order chi connectivity index (χ0) is 20.1. The largest absolute Gasteiger partial charge is 0.419 e. The summed E-state index contributed by atoms with van der Waals surface area (Å²) in [6, 6.07) is 3.76. The second-order valence-electron chi connectivity index (χ2n) is 6.72. The summed E-state index contributed by atoms with van der Waals surface area (Å²) in [5.74, 6) is 2.29. The average Bonchev–Trinajstić information content (AvgIpc) is 3.20. The molecule has 0 amide bonds. The lowest BCUT2D eigenvalue weighted by molar-refractivity contribution is 0.390. The second-order valence-corrected chi connectivity index (χ2v) is 6.72. The van der Waals surface area contributed by atoms with Crippen molar-refractivity contribution in [1.29, 1.82) is 5.26 Å². The van der Waals surface area contributed by atoms with Gasteiger partial charge in [0.25, 0.3) is 5.89 Å². The van der Waals surface area contributed by atoms with Crippen LogP contribution in [0, 0.1) is 24.2 Å². The number of hydrogen-bond donors (Lipinski definition) is 3. The van der Waals surface area contributed by atoms with Crippen molar-refractivity contribution in [3.05, 3.63) is 30.0 Å². The van der Waals surface area contributed by atoms with E-state index in [4.69, 9.17) is 9.68 Å². The Hall–Kier alpha value is -3.65. The number of anilines is 3. The molecular weight excluding hydrogens is 372 g/mol. The number of nitriles is 1. The molecule has 1 aliphatic heterocycles. The highest BCUT2D eigenvalue weighted by atomic mass is 16.4. The van der Waals surface area contributed by atoms with Gasteiger partial charge in [0.15, 0.2) is 17.2 Å². The van der Waals surface area contributed by atoms with Crippen LogP contribution in [0.5, 0.6) is 0 Å². The molecule has 0 spiro atoms. The minimum Gasteiger partial charge on any atom is -0.419 e. The SMILES string of the molecule is Cc1nnc(-c2nnc(Nc3cnc(C#N)cn3)cc2NCC2CCNCC2)o1. The van der Waals surface area contributed by atoms with Gasteiger partial charge in [0.05, 0.1) is 18.1 Å². The maximum absolute atomic E-state index is 8.83. The highest BCUT2D eigenvalue weighted by Crippen LogP contribution is 2.27. The molecule has 3 aromatic heterocycles. The van der Waals surface area contributed by atoms with Crippen LogP contribution >= 0.6 is 0 Å². The maximum atomic E-state index is 8.83. The van der Waals surface area contributed by atoms with E-state index in [1.54, 1.807) is 6.92 Å². The lowest BCUT2D eigenvalue weighted by atomic mass is 9.98. The van der Waals surface area contributed by atoms with Gasteiger partial charge in [-0.25, -0.2) is 9.97 Å². The Labute approximate surface area is 167 Å². The summed E-state index contributed by atoms with van der Waals surface area (Å²) in [7, 11) is 0. The van der Waals surface area contributed by atoms with Crippen LogP contribution in [0.15, 0.2) is 22.9 Å². The van der Waals surface area contributed by atoms with E-state index in [0.29, 0.717) is 35.0 Å². The molecule has 11 heteroatoms. The van der Waals surface area contributed by atoms with Crippen molar-refractivity contribution in [3.63, 3.8) is 0 Å². The third-order valence-corrected chi connectivity index (χ3v) is 4.58. The first-order valence-corrected chi connectivity index (χ1v) is 9.33. The molecule has 0 aromatic carbocycles. The minimum atomic E-state index is 0.244. The summed E-state index contributed by atoms with van der Waals surface area (Å²) in [5.41, 5.74) is 1.48. The van der Waals surface area contributed by atoms with Gasteiger partial charge in [-0.2, -0.15) is 5.26 Å². The standard InChI is InChI=1S/C18H20N10O/c1-11-25-28-18(29-11)17-14(22-8-12-2-4-20-5-3-12)6-15(26-27-17)24-16-10-21-13(7-19)9-23-16/h6,9-10,12,20H,2-5,8H2,1H3,(H2,22,23,24,26). The minimum absolute atomic E-state index is 0.244. The van der Waals surface area contributed by atoms with Gasteiger partial charge in [-0.05, 0) is 31.8 Å². The zero-order valence-corrected chi connectivity index (χ0v) is 15.9. The summed E-state index contributed by atoms with van der Waals surface area (Å²) in [4.78, 5) is 8.14. The van der Waals surface area contributed by atoms with E-state index < -0.39 is 0 Å². The van der Waals surface area contributed by atoms with Gasteiger partial charge in [-0.3, -0.25) is 0 Å². The Balaban J connectivity index is 1.57. The van der Waals surface area contributed by atoms with Gasteiger partial charge in [-0.15, -0.1) is 20.4 Å². The molecule has 0 radical (unpaired) electrons. The molecule has 0 unspecified atom stereocenters. The van der Waals surface area contributed by atoms with Crippen LogP contribution in [0.4, 0.5) is 17.3 Å². The second kappa shape index (κ2) is 8.57. The molecule has 4 heterocycles. The van der Waals surface area contributed by atoms with Crippen LogP contribution < -0.4 is 16.0 Å². The quantitative estimate of drug-likeness (QED) is 0.561. The van der Waals surface area contributed by atoms with Crippen LogP contribution in [0.2, 0.25) is 0 Å². The molecule has 1 saturated heterocycles. The molecule has 0 saturated carbocycles. The zero-order valence-electron chi connectivity index (χ0n) is 15.9. The van der Waals surface area contributed by atoms with Crippen molar-refractivity contribution in [2.45, 2.75) is 19.8 Å². The average molecular weight is 392 g/mol. The number of nitrogens with one attached hydrogen (secondary N) is 3. The van der Waals surface area contributed by atoms with E-state index in [1.807, 2.05) is 12.1 Å². The fraction of sp³-hybridized carbons (Fsp3) is 0.389. The topological polar surface area (TPSA) is 150 Å². The molecule has 0 bridgehead atoms. The van der Waals surface area contributed by atoms with Crippen LogP contribution in [0.1, 0.15) is 24.4 Å². The summed E-state index contributed by atoms with van der Waals surface area (Å²) >= 11 is 0. The number of nitrogens with zero attached hydrogens (tertiary/aromatic N) is 7. The van der Waals surface area contributed by atoms with Gasteiger partial charge in [0.2, 0.25) is 5.89 Å². The Morgan fingerprint density at radius 2 is 2.00 bits per heavy atom. The first-order chi connectivity index (χ1) is 14.2. The van der Waals surface area contributed by atoms with Crippen LogP contribution in [-0.2, 0) is 0 Å². The molecule has 3 aromatic rings. The molecule has 1 aliphatic rings. The number of aromatic nitrogens is 6. The molecule has 0 atom stereocenters. The molecule has 3 N–H and O–H groups in total. The predicted molar refractivity (Wildman–Crippen MR) is 104 cm³/mol. The van der Waals surface area contributed by atoms with Crippen molar-refractivity contribution in [1.82, 2.24) is 35.7 Å². The van der Waals surface area contributed by atoms with E-state index in [2.05, 4.69) is 46.3 Å². The summed E-state index contributed by atoms with van der Waals surface area (Å²) in [5, 5.41) is 35.1. The van der Waals surface area contributed by atoms with E-state index in [0.717, 1.165) is 38.2 Å². The molecule has 4 rings (SSSR count). The Bertz CT molecular complexity index is 1000. The van der Waals surface area contributed by atoms with Gasteiger partial charge >= 0.3 is 0 Å². The first-order valence-electron chi connectivity index (χ1n) is 9.33. The van der Waals surface area contributed by atoms with Crippen LogP contribution in [0.3, 0.4) is 0 Å². The molecule has 11 nitrogen and oxygen atoms in total. The highest BCUT2D eigenvalue weighted by Gasteiger charge is 2.18. The van der Waals surface area contributed by atoms with Crippen LogP contribution in [0.25, 0.3) is 11.6 Å². The molecule has 148 valence electrons. The van der Waals surface area contributed by atoms with Crippen molar-refractivity contribution < 1.29 is 4.42 Å². The third-order valence-electron chi connectivity index (χ3n) is 4.58. The fourth-order valence-corrected chi connectivity index (χ4v) is 3.06. The van der Waals surface area contributed by atoms with Crippen molar-refractivity contribution in [3.8, 4) is 17.7 Å².